The van der Waals surface area contributed by atoms with E-state index in [1.165, 1.54) is 6.07 Å². The maximum absolute atomic E-state index is 14.0. The van der Waals surface area contributed by atoms with Gasteiger partial charge in [-0.15, -0.1) is 0 Å². The summed E-state index contributed by atoms with van der Waals surface area (Å²) in [7, 11) is 2.09. The van der Waals surface area contributed by atoms with Gasteiger partial charge in [-0.3, -0.25) is 4.79 Å². The van der Waals surface area contributed by atoms with Gasteiger partial charge < -0.3 is 14.5 Å². The molecule has 2 heterocycles. The molecule has 2 saturated heterocycles. The smallest absolute Gasteiger partial charge is 0.256 e. The number of hydrogen-bond acceptors (Lipinski definition) is 3. The number of halogens is 1. The summed E-state index contributed by atoms with van der Waals surface area (Å²) in [5.74, 6) is -0.291. The molecule has 0 aliphatic carbocycles. The fourth-order valence-electron chi connectivity index (χ4n) is 3.83. The largest absolute Gasteiger partial charge is 0.380 e. The second-order valence-electron chi connectivity index (χ2n) is 7.07. The van der Waals surface area contributed by atoms with Crippen molar-refractivity contribution in [3.8, 4) is 0 Å². The first-order valence-electron chi connectivity index (χ1n) is 8.27. The lowest BCUT2D eigenvalue weighted by molar-refractivity contribution is 0.0686. The summed E-state index contributed by atoms with van der Waals surface area (Å²) in [5, 5.41) is 0. The zero-order chi connectivity index (χ0) is 16.6. The van der Waals surface area contributed by atoms with Crippen molar-refractivity contribution in [2.45, 2.75) is 13.8 Å². The molecule has 23 heavy (non-hydrogen) atoms. The minimum Gasteiger partial charge on any atom is -0.380 e. The fourth-order valence-corrected chi connectivity index (χ4v) is 3.83. The van der Waals surface area contributed by atoms with Crippen LogP contribution >= 0.6 is 0 Å². The van der Waals surface area contributed by atoms with Gasteiger partial charge >= 0.3 is 0 Å². The van der Waals surface area contributed by atoms with Crippen LogP contribution in [-0.4, -0.2) is 62.1 Å². The van der Waals surface area contributed by atoms with Crippen LogP contribution in [0.1, 0.15) is 22.8 Å². The summed E-state index contributed by atoms with van der Waals surface area (Å²) in [4.78, 5) is 16.9. The number of hydrogen-bond donors (Lipinski definition) is 0. The van der Waals surface area contributed by atoms with Crippen molar-refractivity contribution >= 4 is 5.91 Å². The quantitative estimate of drug-likeness (QED) is 0.852. The van der Waals surface area contributed by atoms with E-state index < -0.39 is 5.82 Å². The molecule has 2 aliphatic heterocycles. The normalized spacial score (nSPS) is 26.8. The van der Waals surface area contributed by atoms with Crippen molar-refractivity contribution in [2.75, 3.05) is 46.4 Å². The Hall–Kier alpha value is -1.46. The predicted octanol–water partition coefficient (Wildman–Crippen LogP) is 2.17. The highest BCUT2D eigenvalue weighted by Gasteiger charge is 2.52. The molecule has 4 nitrogen and oxygen atoms in total. The Morgan fingerprint density at radius 3 is 3.04 bits per heavy atom. The summed E-state index contributed by atoms with van der Waals surface area (Å²) in [6, 6.07) is 4.71. The molecule has 1 amide bonds. The van der Waals surface area contributed by atoms with E-state index >= 15 is 0 Å². The summed E-state index contributed by atoms with van der Waals surface area (Å²) in [6.07, 6.45) is 0. The lowest BCUT2D eigenvalue weighted by atomic mass is 9.80. The van der Waals surface area contributed by atoms with Crippen LogP contribution in [0.15, 0.2) is 18.2 Å². The van der Waals surface area contributed by atoms with Crippen molar-refractivity contribution in [1.82, 2.24) is 9.80 Å². The molecule has 0 saturated carbocycles. The Labute approximate surface area is 137 Å². The number of carbonyl (C=O) groups is 1. The average molecular weight is 320 g/mol. The molecule has 0 N–H and O–H groups in total. The van der Waals surface area contributed by atoms with Crippen LogP contribution < -0.4 is 0 Å². The monoisotopic (exact) mass is 320 g/mol. The van der Waals surface area contributed by atoms with Gasteiger partial charge in [0.15, 0.2) is 0 Å². The van der Waals surface area contributed by atoms with Crippen molar-refractivity contribution < 1.29 is 13.9 Å². The molecule has 0 aromatic heterocycles. The van der Waals surface area contributed by atoms with Crippen molar-refractivity contribution in [3.63, 3.8) is 0 Å². The molecule has 2 atom stereocenters. The first kappa shape index (κ1) is 16.4. The van der Waals surface area contributed by atoms with E-state index in [9.17, 15) is 9.18 Å². The molecule has 0 spiro atoms. The van der Waals surface area contributed by atoms with Gasteiger partial charge in [-0.1, -0.05) is 18.6 Å². The third kappa shape index (κ3) is 3.00. The number of amides is 1. The van der Waals surface area contributed by atoms with Crippen LogP contribution in [0.3, 0.4) is 0 Å². The molecule has 0 unspecified atom stereocenters. The molecular formula is C18H25FN2O2. The first-order valence-corrected chi connectivity index (χ1v) is 8.27. The fraction of sp³-hybridized carbons (Fsp3) is 0.611. The van der Waals surface area contributed by atoms with Gasteiger partial charge in [-0.05, 0) is 32.6 Å². The third-order valence-electron chi connectivity index (χ3n) is 5.29. The maximum Gasteiger partial charge on any atom is 0.256 e. The Balaban J connectivity index is 1.80. The standard InChI is InChI=1S/C18H25FN2O2/c1-4-20(3)10-18-11-21(8-14(18)9-23-12-18)17(22)15-7-13(2)5-6-16(15)19/h5-7,14H,4,8-12H2,1-3H3/t14-,18+/m1/s1. The van der Waals surface area contributed by atoms with E-state index in [0.717, 1.165) is 18.7 Å². The highest BCUT2D eigenvalue weighted by atomic mass is 19.1. The number of ether oxygens (including phenoxy) is 1. The predicted molar refractivity (Wildman–Crippen MR) is 87.0 cm³/mol. The Morgan fingerprint density at radius 1 is 1.52 bits per heavy atom. The molecule has 2 aliphatic rings. The minimum atomic E-state index is -0.436. The number of benzene rings is 1. The van der Waals surface area contributed by atoms with Gasteiger partial charge in [0.25, 0.3) is 5.91 Å². The molecule has 3 rings (SSSR count). The van der Waals surface area contributed by atoms with Gasteiger partial charge in [-0.2, -0.15) is 0 Å². The number of fused-ring (bicyclic) bond motifs is 1. The van der Waals surface area contributed by atoms with E-state index in [-0.39, 0.29) is 16.9 Å². The third-order valence-corrected chi connectivity index (χ3v) is 5.29. The van der Waals surface area contributed by atoms with Gasteiger partial charge in [0, 0.05) is 31.0 Å². The highest BCUT2D eigenvalue weighted by molar-refractivity contribution is 5.95. The Kier molecular flexibility index (Phi) is 4.43. The van der Waals surface area contributed by atoms with Gasteiger partial charge in [0.1, 0.15) is 5.82 Å². The van der Waals surface area contributed by atoms with Crippen LogP contribution in [0.25, 0.3) is 0 Å². The summed E-state index contributed by atoms with van der Waals surface area (Å²) < 4.78 is 19.7. The molecule has 1 aromatic carbocycles. The van der Waals surface area contributed by atoms with Crippen LogP contribution in [0.2, 0.25) is 0 Å². The number of carbonyl (C=O) groups excluding carboxylic acids is 1. The SMILES string of the molecule is CCN(C)C[C@]12COC[C@H]1CN(C(=O)c1cc(C)ccc1F)C2. The van der Waals surface area contributed by atoms with Gasteiger partial charge in [0.05, 0.1) is 18.8 Å². The Bertz CT molecular complexity index is 607. The molecule has 0 radical (unpaired) electrons. The summed E-state index contributed by atoms with van der Waals surface area (Å²) in [6.45, 7) is 8.56. The van der Waals surface area contributed by atoms with Crippen LogP contribution in [-0.2, 0) is 4.74 Å². The lowest BCUT2D eigenvalue weighted by Crippen LogP contribution is -2.42. The van der Waals surface area contributed by atoms with Crippen LogP contribution in [0.5, 0.6) is 0 Å². The van der Waals surface area contributed by atoms with Crippen molar-refractivity contribution in [3.05, 3.63) is 35.1 Å². The number of rotatable bonds is 4. The van der Waals surface area contributed by atoms with E-state index in [2.05, 4.69) is 18.9 Å². The van der Waals surface area contributed by atoms with E-state index in [0.29, 0.717) is 32.2 Å². The second kappa shape index (κ2) is 6.21. The van der Waals surface area contributed by atoms with E-state index in [1.54, 1.807) is 12.1 Å². The molecule has 2 fully saturated rings. The first-order chi connectivity index (χ1) is 10.9. The zero-order valence-corrected chi connectivity index (χ0v) is 14.1. The second-order valence-corrected chi connectivity index (χ2v) is 7.07. The van der Waals surface area contributed by atoms with E-state index in [4.69, 9.17) is 4.74 Å². The average Bonchev–Trinajstić information content (AvgIpc) is 3.05. The molecular weight excluding hydrogens is 295 g/mol. The number of aryl methyl sites for hydroxylation is 1. The molecule has 126 valence electrons. The topological polar surface area (TPSA) is 32.8 Å². The number of likely N-dealkylation sites (tertiary alicyclic amines) is 1. The van der Waals surface area contributed by atoms with Crippen molar-refractivity contribution in [2.24, 2.45) is 11.3 Å². The lowest BCUT2D eigenvalue weighted by Gasteiger charge is -2.31. The van der Waals surface area contributed by atoms with Crippen LogP contribution in [0, 0.1) is 24.1 Å². The van der Waals surface area contributed by atoms with Crippen molar-refractivity contribution in [1.29, 1.82) is 0 Å². The van der Waals surface area contributed by atoms with E-state index in [1.807, 2.05) is 11.8 Å². The summed E-state index contributed by atoms with van der Waals surface area (Å²) >= 11 is 0. The Morgan fingerprint density at radius 2 is 2.30 bits per heavy atom. The molecule has 1 aromatic rings. The maximum atomic E-state index is 14.0. The zero-order valence-electron chi connectivity index (χ0n) is 14.1. The van der Waals surface area contributed by atoms with Gasteiger partial charge in [-0.25, -0.2) is 4.39 Å². The summed E-state index contributed by atoms with van der Waals surface area (Å²) in [5.41, 5.74) is 1.07. The highest BCUT2D eigenvalue weighted by Crippen LogP contribution is 2.42. The molecule has 0 bridgehead atoms. The van der Waals surface area contributed by atoms with Crippen LogP contribution in [0.4, 0.5) is 4.39 Å². The number of nitrogens with zero attached hydrogens (tertiary/aromatic N) is 2. The van der Waals surface area contributed by atoms with Gasteiger partial charge in [0.2, 0.25) is 0 Å². The molecule has 5 heteroatoms. The minimum absolute atomic E-state index is 0.0132.